The minimum absolute atomic E-state index is 0.0958. The van der Waals surface area contributed by atoms with Crippen LogP contribution in [0.1, 0.15) is 30.2 Å². The van der Waals surface area contributed by atoms with E-state index < -0.39 is 0 Å². The number of hydrogen-bond donors (Lipinski definition) is 4. The molecule has 3 aromatic rings. The molecule has 0 aliphatic heterocycles. The molecule has 0 spiro atoms. The molecule has 1 aromatic carbocycles. The van der Waals surface area contributed by atoms with Crippen molar-refractivity contribution in [2.45, 2.75) is 24.0 Å². The number of thioether (sulfide) groups is 1. The van der Waals surface area contributed by atoms with E-state index in [4.69, 9.17) is 11.1 Å². The Morgan fingerprint density at radius 2 is 2.04 bits per heavy atom. The number of thiophene rings is 1. The van der Waals surface area contributed by atoms with Crippen LogP contribution in [0.2, 0.25) is 0 Å². The number of hydrogen-bond acceptors (Lipinski definition) is 7. The van der Waals surface area contributed by atoms with E-state index in [0.717, 1.165) is 31.2 Å². The van der Waals surface area contributed by atoms with Crippen LogP contribution < -0.4 is 16.6 Å². The van der Waals surface area contributed by atoms with E-state index in [2.05, 4.69) is 47.9 Å². The van der Waals surface area contributed by atoms with Crippen molar-refractivity contribution in [1.29, 1.82) is 5.41 Å². The SMILES string of the molecule is CSc1sc(C(=N)N)cc1-c1nc(NNc2ccccc2C(C)C)cs1. The van der Waals surface area contributed by atoms with Crippen LogP contribution in [0.25, 0.3) is 10.6 Å². The fourth-order valence-electron chi connectivity index (χ4n) is 2.51. The lowest BCUT2D eigenvalue weighted by atomic mass is 10.0. The number of amidine groups is 1. The average Bonchev–Trinajstić information content (AvgIpc) is 3.26. The third kappa shape index (κ3) is 4.03. The van der Waals surface area contributed by atoms with Crippen molar-refractivity contribution in [2.24, 2.45) is 5.73 Å². The van der Waals surface area contributed by atoms with E-state index in [9.17, 15) is 0 Å². The maximum Gasteiger partial charge on any atom is 0.156 e. The Bertz CT molecular complexity index is 913. The summed E-state index contributed by atoms with van der Waals surface area (Å²) in [6, 6.07) is 10.2. The summed E-state index contributed by atoms with van der Waals surface area (Å²) in [5, 5.41) is 10.5. The first-order chi connectivity index (χ1) is 12.5. The lowest BCUT2D eigenvalue weighted by Crippen LogP contribution is -2.11. The number of anilines is 2. The maximum atomic E-state index is 7.64. The fraction of sp³-hybridized carbons (Fsp3) is 0.222. The highest BCUT2D eigenvalue weighted by atomic mass is 32.2. The third-order valence-electron chi connectivity index (χ3n) is 3.79. The molecule has 0 radical (unpaired) electrons. The van der Waals surface area contributed by atoms with E-state index in [1.807, 2.05) is 23.8 Å². The molecule has 136 valence electrons. The largest absolute Gasteiger partial charge is 0.383 e. The van der Waals surface area contributed by atoms with Crippen molar-refractivity contribution in [3.8, 4) is 10.6 Å². The first-order valence-electron chi connectivity index (χ1n) is 8.08. The zero-order chi connectivity index (χ0) is 18.7. The van der Waals surface area contributed by atoms with Gasteiger partial charge in [-0.2, -0.15) is 0 Å². The Hall–Kier alpha value is -2.03. The van der Waals surface area contributed by atoms with Gasteiger partial charge in [-0.05, 0) is 29.9 Å². The van der Waals surface area contributed by atoms with Gasteiger partial charge in [-0.1, -0.05) is 32.0 Å². The van der Waals surface area contributed by atoms with Crippen LogP contribution in [0.5, 0.6) is 0 Å². The molecule has 2 heterocycles. The quantitative estimate of drug-likeness (QED) is 0.183. The fourth-order valence-corrected chi connectivity index (χ4v) is 5.14. The lowest BCUT2D eigenvalue weighted by molar-refractivity contribution is 0.868. The molecule has 8 heteroatoms. The van der Waals surface area contributed by atoms with Gasteiger partial charge in [-0.3, -0.25) is 16.3 Å². The topological polar surface area (TPSA) is 86.8 Å². The highest BCUT2D eigenvalue weighted by molar-refractivity contribution is 8.00. The molecule has 0 atom stereocenters. The molecule has 0 amide bonds. The molecule has 5 N–H and O–H groups in total. The van der Waals surface area contributed by atoms with Crippen LogP contribution >= 0.6 is 34.4 Å². The van der Waals surface area contributed by atoms with Crippen LogP contribution in [-0.2, 0) is 0 Å². The van der Waals surface area contributed by atoms with E-state index in [-0.39, 0.29) is 5.84 Å². The summed E-state index contributed by atoms with van der Waals surface area (Å²) < 4.78 is 1.12. The van der Waals surface area contributed by atoms with Crippen LogP contribution in [0.4, 0.5) is 11.5 Å². The second-order valence-corrected chi connectivity index (χ2v) is 8.94. The molecule has 5 nitrogen and oxygen atoms in total. The molecular formula is C18H21N5S3. The molecule has 3 rings (SSSR count). The van der Waals surface area contributed by atoms with Crippen molar-refractivity contribution in [1.82, 2.24) is 4.98 Å². The normalized spacial score (nSPS) is 10.9. The highest BCUT2D eigenvalue weighted by Crippen LogP contribution is 2.39. The van der Waals surface area contributed by atoms with Crippen molar-refractivity contribution in [3.05, 3.63) is 46.2 Å². The van der Waals surface area contributed by atoms with Crippen molar-refractivity contribution in [3.63, 3.8) is 0 Å². The lowest BCUT2D eigenvalue weighted by Gasteiger charge is -2.14. The molecule has 26 heavy (non-hydrogen) atoms. The van der Waals surface area contributed by atoms with E-state index in [0.29, 0.717) is 5.92 Å². The minimum Gasteiger partial charge on any atom is -0.383 e. The van der Waals surface area contributed by atoms with Gasteiger partial charge in [-0.25, -0.2) is 4.98 Å². The van der Waals surface area contributed by atoms with E-state index in [1.54, 1.807) is 23.1 Å². The van der Waals surface area contributed by atoms with Gasteiger partial charge >= 0.3 is 0 Å². The number of benzene rings is 1. The Morgan fingerprint density at radius 1 is 1.27 bits per heavy atom. The Morgan fingerprint density at radius 3 is 2.73 bits per heavy atom. The number of thiazole rings is 1. The number of hydrazine groups is 1. The Kier molecular flexibility index (Phi) is 5.85. The molecule has 0 saturated heterocycles. The first-order valence-corrected chi connectivity index (χ1v) is 11.0. The summed E-state index contributed by atoms with van der Waals surface area (Å²) in [4.78, 5) is 5.45. The van der Waals surface area contributed by atoms with Gasteiger partial charge < -0.3 is 5.73 Å². The second kappa shape index (κ2) is 8.11. The third-order valence-corrected chi connectivity index (χ3v) is 6.97. The summed E-state index contributed by atoms with van der Waals surface area (Å²) in [6.07, 6.45) is 2.02. The van der Waals surface area contributed by atoms with E-state index in [1.165, 1.54) is 16.9 Å². The van der Waals surface area contributed by atoms with Crippen LogP contribution in [0, 0.1) is 5.41 Å². The zero-order valence-corrected chi connectivity index (χ0v) is 17.2. The number of nitrogens with zero attached hydrogens (tertiary/aromatic N) is 1. The Balaban J connectivity index is 1.78. The second-order valence-electron chi connectivity index (χ2n) is 5.96. The molecule has 0 saturated carbocycles. The summed E-state index contributed by atoms with van der Waals surface area (Å²) >= 11 is 4.75. The minimum atomic E-state index is 0.0958. The standard InChI is InChI=1S/C18H21N5S3/c1-10(2)11-6-4-5-7-13(11)22-23-15-9-25-17(21-15)12-8-14(16(19)20)26-18(12)24-3/h4-10,22-23H,1-3H3,(H3,19,20). The van der Waals surface area contributed by atoms with Gasteiger partial charge in [0.15, 0.2) is 5.82 Å². The molecule has 0 fully saturated rings. The van der Waals surface area contributed by atoms with Gasteiger partial charge in [0.2, 0.25) is 0 Å². The zero-order valence-electron chi connectivity index (χ0n) is 14.8. The van der Waals surface area contributed by atoms with Crippen molar-refractivity contribution in [2.75, 3.05) is 17.1 Å². The predicted molar refractivity (Wildman–Crippen MR) is 116 cm³/mol. The van der Waals surface area contributed by atoms with Crippen LogP contribution in [-0.4, -0.2) is 17.1 Å². The predicted octanol–water partition coefficient (Wildman–Crippen LogP) is 5.44. The van der Waals surface area contributed by atoms with Gasteiger partial charge in [0.05, 0.1) is 14.8 Å². The monoisotopic (exact) mass is 403 g/mol. The van der Waals surface area contributed by atoms with Gasteiger partial charge in [-0.15, -0.1) is 34.4 Å². The van der Waals surface area contributed by atoms with Crippen LogP contribution in [0.15, 0.2) is 39.9 Å². The van der Waals surface area contributed by atoms with Crippen molar-refractivity contribution < 1.29 is 0 Å². The molecular weight excluding hydrogens is 382 g/mol. The average molecular weight is 404 g/mol. The van der Waals surface area contributed by atoms with E-state index >= 15 is 0 Å². The highest BCUT2D eigenvalue weighted by Gasteiger charge is 2.15. The van der Waals surface area contributed by atoms with Gasteiger partial charge in [0.25, 0.3) is 0 Å². The molecule has 2 aromatic heterocycles. The molecule has 0 aliphatic carbocycles. The summed E-state index contributed by atoms with van der Waals surface area (Å²) in [5.74, 6) is 1.30. The molecule has 0 unspecified atom stereocenters. The first kappa shape index (κ1) is 18.8. The summed E-state index contributed by atoms with van der Waals surface area (Å²) in [5.41, 5.74) is 15.4. The number of nitrogen functional groups attached to an aromatic ring is 1. The Labute approximate surface area is 165 Å². The van der Waals surface area contributed by atoms with Crippen molar-refractivity contribution >= 4 is 51.8 Å². The number of para-hydroxylation sites is 1. The smallest absolute Gasteiger partial charge is 0.156 e. The maximum absolute atomic E-state index is 7.64. The number of aromatic nitrogens is 1. The summed E-state index contributed by atoms with van der Waals surface area (Å²) in [6.45, 7) is 4.35. The molecule has 0 bridgehead atoms. The number of nitrogens with two attached hydrogens (primary N) is 1. The van der Waals surface area contributed by atoms with Crippen LogP contribution in [0.3, 0.4) is 0 Å². The van der Waals surface area contributed by atoms with Gasteiger partial charge in [0.1, 0.15) is 10.8 Å². The number of rotatable bonds is 7. The van der Waals surface area contributed by atoms with Gasteiger partial charge in [0, 0.05) is 10.9 Å². The molecule has 0 aliphatic rings. The number of nitrogens with one attached hydrogen (secondary N) is 3. The summed E-state index contributed by atoms with van der Waals surface area (Å²) in [7, 11) is 0.